The van der Waals surface area contributed by atoms with E-state index in [-0.39, 0.29) is 11.7 Å². The van der Waals surface area contributed by atoms with Crippen molar-refractivity contribution in [2.24, 2.45) is 0 Å². The van der Waals surface area contributed by atoms with E-state index in [4.69, 9.17) is 5.11 Å². The summed E-state index contributed by atoms with van der Waals surface area (Å²) >= 11 is 0. The summed E-state index contributed by atoms with van der Waals surface area (Å²) in [6.45, 7) is 0. The Kier molecular flexibility index (Phi) is 3.68. The summed E-state index contributed by atoms with van der Waals surface area (Å²) in [6, 6.07) is 8.07. The van der Waals surface area contributed by atoms with Crippen molar-refractivity contribution < 1.29 is 18.3 Å². The second-order valence-corrected chi connectivity index (χ2v) is 6.42. The molecule has 1 aromatic rings. The summed E-state index contributed by atoms with van der Waals surface area (Å²) in [5.74, 6) is -1.03. The molecule has 1 saturated carbocycles. The predicted octanol–water partition coefficient (Wildman–Crippen LogP) is 1.28. The first-order chi connectivity index (χ1) is 8.49. The van der Waals surface area contributed by atoms with E-state index in [2.05, 4.69) is 4.72 Å². The van der Waals surface area contributed by atoms with Gasteiger partial charge in [-0.25, -0.2) is 13.1 Å². The minimum Gasteiger partial charge on any atom is -0.481 e. The lowest BCUT2D eigenvalue weighted by molar-refractivity contribution is -0.137. The Morgan fingerprint density at radius 1 is 1.33 bits per heavy atom. The zero-order valence-electron chi connectivity index (χ0n) is 9.74. The minimum atomic E-state index is -3.39. The fourth-order valence-corrected chi connectivity index (χ4v) is 3.33. The van der Waals surface area contributed by atoms with Crippen molar-refractivity contribution in [2.75, 3.05) is 0 Å². The number of rotatable bonds is 6. The highest BCUT2D eigenvalue weighted by atomic mass is 32.2. The first-order valence-corrected chi connectivity index (χ1v) is 7.31. The van der Waals surface area contributed by atoms with Crippen LogP contribution in [0.2, 0.25) is 0 Å². The van der Waals surface area contributed by atoms with Crippen molar-refractivity contribution in [3.8, 4) is 0 Å². The molecule has 0 saturated heterocycles. The van der Waals surface area contributed by atoms with E-state index in [0.29, 0.717) is 18.4 Å². The van der Waals surface area contributed by atoms with Crippen LogP contribution in [0, 0.1) is 0 Å². The lowest BCUT2D eigenvalue weighted by Gasteiger charge is -2.17. The third kappa shape index (κ3) is 3.30. The second-order valence-electron chi connectivity index (χ2n) is 4.42. The second kappa shape index (κ2) is 5.07. The van der Waals surface area contributed by atoms with Gasteiger partial charge in [0.2, 0.25) is 10.0 Å². The van der Waals surface area contributed by atoms with Crippen molar-refractivity contribution >= 4 is 16.0 Å². The Morgan fingerprint density at radius 2 is 1.94 bits per heavy atom. The summed E-state index contributed by atoms with van der Waals surface area (Å²) in [6.07, 6.45) is 1.06. The molecule has 0 heterocycles. The molecule has 0 aromatic heterocycles. The van der Waals surface area contributed by atoms with Gasteiger partial charge in [0.1, 0.15) is 0 Å². The zero-order chi connectivity index (χ0) is 13.2. The maximum atomic E-state index is 11.9. The number of carbonyl (C=O) groups is 1. The van der Waals surface area contributed by atoms with Gasteiger partial charge in [-0.05, 0) is 18.4 Å². The molecule has 6 heteroatoms. The number of sulfonamides is 1. The third-order valence-corrected chi connectivity index (χ3v) is 4.81. The Balaban J connectivity index is 2.18. The van der Waals surface area contributed by atoms with Crippen LogP contribution >= 0.6 is 0 Å². The van der Waals surface area contributed by atoms with Gasteiger partial charge in [-0.15, -0.1) is 0 Å². The maximum absolute atomic E-state index is 11.9. The van der Waals surface area contributed by atoms with Gasteiger partial charge >= 0.3 is 5.97 Å². The normalized spacial score (nSPS) is 17.3. The van der Waals surface area contributed by atoms with Crippen LogP contribution in [0.25, 0.3) is 0 Å². The fourth-order valence-electron chi connectivity index (χ4n) is 1.76. The van der Waals surface area contributed by atoms with Gasteiger partial charge < -0.3 is 5.11 Å². The smallest absolute Gasteiger partial charge is 0.305 e. The molecule has 0 radical (unpaired) electrons. The van der Waals surface area contributed by atoms with Crippen LogP contribution in [0.4, 0.5) is 0 Å². The molecule has 1 atom stereocenters. The Morgan fingerprint density at radius 3 is 2.44 bits per heavy atom. The number of nitrogens with one attached hydrogen (secondary N) is 1. The molecule has 0 spiro atoms. The van der Waals surface area contributed by atoms with Gasteiger partial charge in [-0.3, -0.25) is 4.79 Å². The summed E-state index contributed by atoms with van der Waals surface area (Å²) < 4.78 is 26.2. The van der Waals surface area contributed by atoms with Crippen LogP contribution in [0.5, 0.6) is 0 Å². The van der Waals surface area contributed by atoms with E-state index in [1.807, 2.05) is 0 Å². The lowest BCUT2D eigenvalue weighted by atomic mass is 10.1. The van der Waals surface area contributed by atoms with Crippen LogP contribution in [0.15, 0.2) is 30.3 Å². The van der Waals surface area contributed by atoms with Crippen LogP contribution in [0.1, 0.15) is 30.9 Å². The number of hydrogen-bond acceptors (Lipinski definition) is 3. The molecule has 1 aromatic carbocycles. The Hall–Kier alpha value is -1.40. The van der Waals surface area contributed by atoms with Crippen LogP contribution in [-0.2, 0) is 14.8 Å². The van der Waals surface area contributed by atoms with E-state index >= 15 is 0 Å². The number of aliphatic carboxylic acids is 1. The van der Waals surface area contributed by atoms with Gasteiger partial charge in [0, 0.05) is 0 Å². The zero-order valence-corrected chi connectivity index (χ0v) is 10.6. The molecule has 1 fully saturated rings. The molecule has 1 aliphatic rings. The van der Waals surface area contributed by atoms with Crippen molar-refractivity contribution in [3.05, 3.63) is 35.9 Å². The number of carboxylic acid groups (broad SMARTS) is 1. The van der Waals surface area contributed by atoms with Gasteiger partial charge in [0.25, 0.3) is 0 Å². The van der Waals surface area contributed by atoms with Crippen LogP contribution in [0.3, 0.4) is 0 Å². The quantitative estimate of drug-likeness (QED) is 0.815. The lowest BCUT2D eigenvalue weighted by Crippen LogP contribution is -2.32. The van der Waals surface area contributed by atoms with Crippen molar-refractivity contribution in [2.45, 2.75) is 30.6 Å². The molecule has 5 nitrogen and oxygen atoms in total. The molecule has 0 aliphatic heterocycles. The molecule has 2 N–H and O–H groups in total. The number of carboxylic acids is 1. The minimum absolute atomic E-state index is 0.254. The number of hydrogen-bond donors (Lipinski definition) is 2. The average Bonchev–Trinajstić information content (AvgIpc) is 3.12. The van der Waals surface area contributed by atoms with Crippen molar-refractivity contribution in [1.82, 2.24) is 4.72 Å². The van der Waals surface area contributed by atoms with Gasteiger partial charge in [0.15, 0.2) is 0 Å². The van der Waals surface area contributed by atoms with Gasteiger partial charge in [0.05, 0.1) is 17.7 Å². The highest BCUT2D eigenvalue weighted by molar-refractivity contribution is 7.90. The predicted molar refractivity (Wildman–Crippen MR) is 66.5 cm³/mol. The van der Waals surface area contributed by atoms with Crippen molar-refractivity contribution in [1.29, 1.82) is 0 Å². The summed E-state index contributed by atoms with van der Waals surface area (Å²) in [7, 11) is -3.39. The molecule has 0 bridgehead atoms. The first-order valence-electron chi connectivity index (χ1n) is 5.77. The summed E-state index contributed by atoms with van der Waals surface area (Å²) in [5, 5.41) is 8.51. The molecule has 1 aliphatic carbocycles. The largest absolute Gasteiger partial charge is 0.481 e. The highest BCUT2D eigenvalue weighted by Crippen LogP contribution is 2.29. The van der Waals surface area contributed by atoms with Crippen LogP contribution in [-0.4, -0.2) is 24.7 Å². The SMILES string of the molecule is O=C(O)CC(NS(=O)(=O)C1CC1)c1ccccc1. The topological polar surface area (TPSA) is 83.5 Å². The third-order valence-electron chi connectivity index (χ3n) is 2.85. The average molecular weight is 269 g/mol. The molecular weight excluding hydrogens is 254 g/mol. The Labute approximate surface area is 106 Å². The van der Waals surface area contributed by atoms with E-state index in [1.165, 1.54) is 0 Å². The molecule has 1 unspecified atom stereocenters. The Bertz CT molecular complexity index is 522. The number of benzene rings is 1. The van der Waals surface area contributed by atoms with E-state index < -0.39 is 22.0 Å². The summed E-state index contributed by atoms with van der Waals surface area (Å²) in [4.78, 5) is 10.8. The molecular formula is C12H15NO4S. The monoisotopic (exact) mass is 269 g/mol. The maximum Gasteiger partial charge on any atom is 0.305 e. The van der Waals surface area contributed by atoms with Crippen molar-refractivity contribution in [3.63, 3.8) is 0 Å². The van der Waals surface area contributed by atoms with Crippen LogP contribution < -0.4 is 4.72 Å². The first kappa shape index (κ1) is 13.0. The molecule has 0 amide bonds. The van der Waals surface area contributed by atoms with E-state index in [0.717, 1.165) is 0 Å². The standard InChI is InChI=1S/C12H15NO4S/c14-12(15)8-11(9-4-2-1-3-5-9)13-18(16,17)10-6-7-10/h1-5,10-11,13H,6-8H2,(H,14,15). The van der Waals surface area contributed by atoms with Gasteiger partial charge in [-0.2, -0.15) is 0 Å². The molecule has 2 rings (SSSR count). The van der Waals surface area contributed by atoms with E-state index in [9.17, 15) is 13.2 Å². The van der Waals surface area contributed by atoms with Gasteiger partial charge in [-0.1, -0.05) is 30.3 Å². The highest BCUT2D eigenvalue weighted by Gasteiger charge is 2.37. The molecule has 18 heavy (non-hydrogen) atoms. The summed E-state index contributed by atoms with van der Waals surface area (Å²) in [5.41, 5.74) is 0.670. The molecule has 98 valence electrons. The van der Waals surface area contributed by atoms with E-state index in [1.54, 1.807) is 30.3 Å². The fraction of sp³-hybridized carbons (Fsp3) is 0.417.